The molecule has 1 aliphatic rings. The van der Waals surface area contributed by atoms with Crippen LogP contribution in [0, 0.1) is 6.92 Å². The molecule has 0 aromatic carbocycles. The van der Waals surface area contributed by atoms with Gasteiger partial charge >= 0.3 is 0 Å². The third-order valence-corrected chi connectivity index (χ3v) is 2.62. The van der Waals surface area contributed by atoms with Gasteiger partial charge in [-0.25, -0.2) is 4.98 Å². The van der Waals surface area contributed by atoms with Crippen molar-refractivity contribution >= 4 is 6.29 Å². The minimum Gasteiger partial charge on any atom is -0.381 e. The van der Waals surface area contributed by atoms with E-state index in [0.717, 1.165) is 43.9 Å². The molecule has 14 heavy (non-hydrogen) atoms. The van der Waals surface area contributed by atoms with Crippen LogP contribution in [-0.2, 0) is 4.74 Å². The maximum Gasteiger partial charge on any atom is 0.170 e. The predicted molar refractivity (Wildman–Crippen MR) is 51.5 cm³/mol. The van der Waals surface area contributed by atoms with E-state index in [0.29, 0.717) is 11.6 Å². The topological polar surface area (TPSA) is 55.0 Å². The number of aromatic nitrogens is 2. The Kier molecular flexibility index (Phi) is 2.63. The highest BCUT2D eigenvalue weighted by atomic mass is 16.5. The number of nitrogens with zero attached hydrogens (tertiary/aromatic N) is 1. The Balaban J connectivity index is 2.24. The number of aldehydes is 1. The highest BCUT2D eigenvalue weighted by Gasteiger charge is 2.21. The zero-order valence-corrected chi connectivity index (χ0v) is 8.25. The van der Waals surface area contributed by atoms with Crippen LogP contribution in [0.1, 0.15) is 40.8 Å². The molecule has 1 saturated heterocycles. The number of nitrogens with one attached hydrogen (secondary N) is 1. The van der Waals surface area contributed by atoms with Gasteiger partial charge in [0.15, 0.2) is 6.29 Å². The number of hydrogen-bond acceptors (Lipinski definition) is 3. The molecule has 1 fully saturated rings. The summed E-state index contributed by atoms with van der Waals surface area (Å²) in [4.78, 5) is 18.1. The third kappa shape index (κ3) is 1.70. The molecule has 2 heterocycles. The maximum absolute atomic E-state index is 10.8. The smallest absolute Gasteiger partial charge is 0.170 e. The van der Waals surface area contributed by atoms with Crippen LogP contribution in [-0.4, -0.2) is 29.5 Å². The highest BCUT2D eigenvalue weighted by molar-refractivity contribution is 5.74. The number of aromatic amines is 1. The van der Waals surface area contributed by atoms with Gasteiger partial charge in [-0.2, -0.15) is 0 Å². The molecule has 0 unspecified atom stereocenters. The van der Waals surface area contributed by atoms with Crippen LogP contribution in [0.3, 0.4) is 0 Å². The molecule has 0 saturated carbocycles. The summed E-state index contributed by atoms with van der Waals surface area (Å²) in [5, 5.41) is 0. The second-order valence-electron chi connectivity index (χ2n) is 3.63. The predicted octanol–water partition coefficient (Wildman–Crippen LogP) is 1.42. The molecule has 1 N–H and O–H groups in total. The fourth-order valence-electron chi connectivity index (χ4n) is 1.92. The number of imidazole rings is 1. The molecule has 0 aliphatic carbocycles. The Bertz CT molecular complexity index is 327. The highest BCUT2D eigenvalue weighted by Crippen LogP contribution is 2.27. The first kappa shape index (κ1) is 9.40. The summed E-state index contributed by atoms with van der Waals surface area (Å²) < 4.78 is 5.28. The largest absolute Gasteiger partial charge is 0.381 e. The molecule has 4 heteroatoms. The van der Waals surface area contributed by atoms with Gasteiger partial charge in [0.05, 0.1) is 0 Å². The summed E-state index contributed by atoms with van der Waals surface area (Å²) in [5.74, 6) is 1.22. The summed E-state index contributed by atoms with van der Waals surface area (Å²) in [7, 11) is 0. The molecular weight excluding hydrogens is 180 g/mol. The van der Waals surface area contributed by atoms with E-state index in [-0.39, 0.29) is 0 Å². The molecule has 0 bridgehead atoms. The van der Waals surface area contributed by atoms with Crippen molar-refractivity contribution in [3.05, 3.63) is 17.2 Å². The van der Waals surface area contributed by atoms with Crippen LogP contribution in [0.15, 0.2) is 0 Å². The molecule has 1 aliphatic heterocycles. The lowest BCUT2D eigenvalue weighted by Gasteiger charge is -2.21. The Labute approximate surface area is 82.7 Å². The van der Waals surface area contributed by atoms with E-state index in [9.17, 15) is 4.79 Å². The average molecular weight is 194 g/mol. The second kappa shape index (κ2) is 3.92. The Morgan fingerprint density at radius 2 is 2.21 bits per heavy atom. The normalized spacial score (nSPS) is 18.4. The van der Waals surface area contributed by atoms with Gasteiger partial charge in [0.2, 0.25) is 0 Å². The molecule has 2 rings (SSSR count). The average Bonchev–Trinajstić information content (AvgIpc) is 2.61. The fourth-order valence-corrected chi connectivity index (χ4v) is 1.92. The van der Waals surface area contributed by atoms with Gasteiger partial charge in [0.25, 0.3) is 0 Å². The zero-order valence-electron chi connectivity index (χ0n) is 8.25. The molecule has 0 atom stereocenters. The van der Waals surface area contributed by atoms with Crippen molar-refractivity contribution in [2.45, 2.75) is 25.7 Å². The van der Waals surface area contributed by atoms with E-state index in [1.807, 2.05) is 6.92 Å². The van der Waals surface area contributed by atoms with Crippen molar-refractivity contribution in [1.29, 1.82) is 0 Å². The van der Waals surface area contributed by atoms with Crippen molar-refractivity contribution < 1.29 is 9.53 Å². The molecule has 76 valence electrons. The van der Waals surface area contributed by atoms with E-state index in [1.54, 1.807) is 0 Å². The lowest BCUT2D eigenvalue weighted by atomic mass is 9.95. The van der Waals surface area contributed by atoms with Gasteiger partial charge in [0.1, 0.15) is 11.5 Å². The second-order valence-corrected chi connectivity index (χ2v) is 3.63. The van der Waals surface area contributed by atoms with Crippen molar-refractivity contribution in [3.63, 3.8) is 0 Å². The lowest BCUT2D eigenvalue weighted by Crippen LogP contribution is -2.15. The van der Waals surface area contributed by atoms with Crippen LogP contribution in [0.2, 0.25) is 0 Å². The number of H-pyrrole nitrogens is 1. The van der Waals surface area contributed by atoms with E-state index < -0.39 is 0 Å². The minimum absolute atomic E-state index is 0.408. The van der Waals surface area contributed by atoms with Crippen molar-refractivity contribution in [2.75, 3.05) is 13.2 Å². The summed E-state index contributed by atoms with van der Waals surface area (Å²) in [6, 6.07) is 0. The van der Waals surface area contributed by atoms with Gasteiger partial charge in [-0.15, -0.1) is 0 Å². The van der Waals surface area contributed by atoms with Gasteiger partial charge in [-0.1, -0.05) is 0 Å². The number of carbonyl (C=O) groups excluding carboxylic acids is 1. The lowest BCUT2D eigenvalue weighted by molar-refractivity contribution is 0.0841. The van der Waals surface area contributed by atoms with Crippen LogP contribution >= 0.6 is 0 Å². The van der Waals surface area contributed by atoms with Gasteiger partial charge in [-0.3, -0.25) is 4.79 Å². The molecule has 0 amide bonds. The molecule has 1 aromatic rings. The molecule has 0 radical (unpaired) electrons. The Morgan fingerprint density at radius 1 is 1.50 bits per heavy atom. The van der Waals surface area contributed by atoms with Gasteiger partial charge in [-0.05, 0) is 19.8 Å². The van der Waals surface area contributed by atoms with Crippen LogP contribution in [0.5, 0.6) is 0 Å². The molecule has 1 aromatic heterocycles. The quantitative estimate of drug-likeness (QED) is 0.724. The van der Waals surface area contributed by atoms with Crippen LogP contribution in [0.4, 0.5) is 0 Å². The Morgan fingerprint density at radius 3 is 2.86 bits per heavy atom. The summed E-state index contributed by atoms with van der Waals surface area (Å²) >= 11 is 0. The first-order valence-corrected chi connectivity index (χ1v) is 4.90. The number of aryl methyl sites for hydroxylation is 1. The van der Waals surface area contributed by atoms with E-state index >= 15 is 0 Å². The van der Waals surface area contributed by atoms with Crippen molar-refractivity contribution in [1.82, 2.24) is 9.97 Å². The van der Waals surface area contributed by atoms with E-state index in [4.69, 9.17) is 4.74 Å². The van der Waals surface area contributed by atoms with Crippen LogP contribution in [0.25, 0.3) is 0 Å². The fraction of sp³-hybridized carbons (Fsp3) is 0.600. The van der Waals surface area contributed by atoms with Gasteiger partial charge < -0.3 is 9.72 Å². The summed E-state index contributed by atoms with van der Waals surface area (Å²) in [6.45, 7) is 3.43. The number of ether oxygens (including phenoxy) is 1. The van der Waals surface area contributed by atoms with Gasteiger partial charge in [0, 0.05) is 24.8 Å². The van der Waals surface area contributed by atoms with E-state index in [2.05, 4.69) is 9.97 Å². The third-order valence-electron chi connectivity index (χ3n) is 2.62. The SMILES string of the molecule is Cc1nc(C=O)c(C2CCOCC2)[nH]1. The maximum atomic E-state index is 10.8. The molecular formula is C10H14N2O2. The summed E-state index contributed by atoms with van der Waals surface area (Å²) in [6.07, 6.45) is 2.78. The van der Waals surface area contributed by atoms with Crippen LogP contribution < -0.4 is 0 Å². The number of hydrogen-bond donors (Lipinski definition) is 1. The van der Waals surface area contributed by atoms with E-state index in [1.165, 1.54) is 0 Å². The standard InChI is InChI=1S/C10H14N2O2/c1-7-11-9(6-13)10(12-7)8-2-4-14-5-3-8/h6,8H,2-5H2,1H3,(H,11,12). The summed E-state index contributed by atoms with van der Waals surface area (Å²) in [5.41, 5.74) is 1.55. The number of rotatable bonds is 2. The first-order chi connectivity index (χ1) is 6.81. The molecule has 4 nitrogen and oxygen atoms in total. The number of carbonyl (C=O) groups is 1. The first-order valence-electron chi connectivity index (χ1n) is 4.90. The zero-order chi connectivity index (χ0) is 9.97. The monoisotopic (exact) mass is 194 g/mol. The molecule has 0 spiro atoms. The van der Waals surface area contributed by atoms with Crippen molar-refractivity contribution in [3.8, 4) is 0 Å². The van der Waals surface area contributed by atoms with Crippen molar-refractivity contribution in [2.24, 2.45) is 0 Å². The minimum atomic E-state index is 0.408. The Hall–Kier alpha value is -1.16.